The molecule has 0 bridgehead atoms. The number of rotatable bonds is 7. The number of hydrogen-bond donors (Lipinski definition) is 1. The van der Waals surface area contributed by atoms with Crippen LogP contribution >= 0.6 is 7.37 Å². The largest absolute Gasteiger partial charge is 0.435 e. The highest BCUT2D eigenvalue weighted by atomic mass is 31.2. The molecule has 0 unspecified atom stereocenters. The van der Waals surface area contributed by atoms with Crippen LogP contribution in [0.4, 0.5) is 4.39 Å². The Balaban J connectivity index is 1.75. The fourth-order valence-electron chi connectivity index (χ4n) is 3.26. The predicted molar refractivity (Wildman–Crippen MR) is 129 cm³/mol. The number of carbonyl (C=O) groups excluding carboxylic acids is 1. The molecule has 0 aliphatic heterocycles. The smallest absolute Gasteiger partial charge is 0.306 e. The van der Waals surface area contributed by atoms with Crippen LogP contribution in [0, 0.1) is 5.82 Å². The SMILES string of the molecule is O=C(NC=C(OP(=O)(c1ccccc1)c1ccccc1)c1ccccc1)c1ccccc1F. The second-order valence-corrected chi connectivity index (χ2v) is 9.46. The summed E-state index contributed by atoms with van der Waals surface area (Å²) in [7, 11) is -3.58. The number of carbonyl (C=O) groups is 1. The fraction of sp³-hybridized carbons (Fsp3) is 0. The van der Waals surface area contributed by atoms with Crippen LogP contribution in [0.2, 0.25) is 0 Å². The maximum atomic E-state index is 14.3. The summed E-state index contributed by atoms with van der Waals surface area (Å²) in [4.78, 5) is 12.6. The molecule has 0 aliphatic carbocycles. The van der Waals surface area contributed by atoms with Crippen molar-refractivity contribution < 1.29 is 18.3 Å². The van der Waals surface area contributed by atoms with Gasteiger partial charge in [-0.1, -0.05) is 78.9 Å². The van der Waals surface area contributed by atoms with Gasteiger partial charge in [0.15, 0.2) is 5.76 Å². The molecule has 4 aromatic rings. The highest BCUT2D eigenvalue weighted by molar-refractivity contribution is 7.74. The molecule has 0 aliphatic rings. The van der Waals surface area contributed by atoms with Gasteiger partial charge in [-0.25, -0.2) is 4.39 Å². The molecule has 0 radical (unpaired) electrons. The quantitative estimate of drug-likeness (QED) is 0.295. The highest BCUT2D eigenvalue weighted by Crippen LogP contribution is 2.48. The van der Waals surface area contributed by atoms with E-state index in [-0.39, 0.29) is 11.3 Å². The number of amides is 1. The van der Waals surface area contributed by atoms with Crippen molar-refractivity contribution in [1.82, 2.24) is 5.32 Å². The summed E-state index contributed by atoms with van der Waals surface area (Å²) in [6.07, 6.45) is 1.32. The molecule has 4 aromatic carbocycles. The number of benzene rings is 4. The fourth-order valence-corrected chi connectivity index (χ4v) is 5.33. The molecule has 33 heavy (non-hydrogen) atoms. The molecule has 6 heteroatoms. The maximum absolute atomic E-state index is 14.3. The van der Waals surface area contributed by atoms with Gasteiger partial charge >= 0.3 is 7.37 Å². The summed E-state index contributed by atoms with van der Waals surface area (Å²) in [5, 5.41) is 3.60. The van der Waals surface area contributed by atoms with E-state index in [4.69, 9.17) is 4.52 Å². The Bertz CT molecular complexity index is 1270. The van der Waals surface area contributed by atoms with Gasteiger partial charge in [0, 0.05) is 11.8 Å². The summed E-state index contributed by atoms with van der Waals surface area (Å²) in [5.74, 6) is -1.08. The minimum Gasteiger partial charge on any atom is -0.435 e. The Labute approximate surface area is 191 Å². The third-order valence-electron chi connectivity index (χ3n) is 4.93. The average Bonchev–Trinajstić information content (AvgIpc) is 2.88. The van der Waals surface area contributed by atoms with E-state index in [2.05, 4.69) is 5.32 Å². The summed E-state index contributed by atoms with van der Waals surface area (Å²) < 4.78 is 34.6. The van der Waals surface area contributed by atoms with E-state index in [9.17, 15) is 13.8 Å². The van der Waals surface area contributed by atoms with Gasteiger partial charge < -0.3 is 9.84 Å². The molecule has 4 nitrogen and oxygen atoms in total. The zero-order valence-corrected chi connectivity index (χ0v) is 18.5. The number of nitrogens with one attached hydrogen (secondary N) is 1. The topological polar surface area (TPSA) is 55.4 Å². The number of halogens is 1. The first kappa shape index (κ1) is 22.3. The van der Waals surface area contributed by atoms with Gasteiger partial charge in [-0.2, -0.15) is 0 Å². The monoisotopic (exact) mass is 457 g/mol. The molecule has 0 spiro atoms. The third-order valence-corrected chi connectivity index (χ3v) is 7.34. The van der Waals surface area contributed by atoms with Gasteiger partial charge in [0.05, 0.1) is 16.2 Å². The summed E-state index contributed by atoms with van der Waals surface area (Å²) in [6.45, 7) is 0. The second-order valence-electron chi connectivity index (χ2n) is 7.14. The van der Waals surface area contributed by atoms with Crippen LogP contribution in [0.5, 0.6) is 0 Å². The Morgan fingerprint density at radius 2 is 1.21 bits per heavy atom. The Morgan fingerprint density at radius 3 is 1.76 bits per heavy atom. The number of hydrogen-bond acceptors (Lipinski definition) is 3. The molecule has 0 saturated carbocycles. The van der Waals surface area contributed by atoms with E-state index in [0.29, 0.717) is 16.2 Å². The summed E-state index contributed by atoms with van der Waals surface area (Å²) in [6, 6.07) is 32.5. The van der Waals surface area contributed by atoms with Crippen molar-refractivity contribution in [2.45, 2.75) is 0 Å². The zero-order chi connectivity index (χ0) is 23.1. The van der Waals surface area contributed by atoms with Crippen molar-refractivity contribution >= 4 is 29.6 Å². The van der Waals surface area contributed by atoms with E-state index in [1.165, 1.54) is 24.4 Å². The van der Waals surface area contributed by atoms with Crippen molar-refractivity contribution in [3.63, 3.8) is 0 Å². The van der Waals surface area contributed by atoms with E-state index >= 15 is 0 Å². The van der Waals surface area contributed by atoms with Crippen LogP contribution in [0.15, 0.2) is 121 Å². The van der Waals surface area contributed by atoms with Crippen molar-refractivity contribution in [1.29, 1.82) is 0 Å². The Morgan fingerprint density at radius 1 is 0.727 bits per heavy atom. The molecular formula is C27H21FNO3P. The molecule has 1 N–H and O–H groups in total. The van der Waals surface area contributed by atoms with Crippen LogP contribution in [0.25, 0.3) is 5.76 Å². The van der Waals surface area contributed by atoms with Gasteiger partial charge in [0.1, 0.15) is 5.82 Å². The highest BCUT2D eigenvalue weighted by Gasteiger charge is 2.31. The molecular weight excluding hydrogens is 436 g/mol. The van der Waals surface area contributed by atoms with E-state index < -0.39 is 19.1 Å². The van der Waals surface area contributed by atoms with Crippen LogP contribution in [-0.2, 0) is 9.09 Å². The first-order valence-corrected chi connectivity index (χ1v) is 11.9. The minimum absolute atomic E-state index is 0.101. The molecule has 0 heterocycles. The average molecular weight is 457 g/mol. The summed E-state index contributed by atoms with van der Waals surface area (Å²) in [5.41, 5.74) is 0.508. The van der Waals surface area contributed by atoms with Crippen molar-refractivity contribution in [2.75, 3.05) is 0 Å². The Kier molecular flexibility index (Phi) is 6.82. The second kappa shape index (κ2) is 10.1. The van der Waals surface area contributed by atoms with Gasteiger partial charge in [0.25, 0.3) is 5.91 Å². The van der Waals surface area contributed by atoms with Crippen molar-refractivity contribution in [3.05, 3.63) is 138 Å². The third kappa shape index (κ3) is 5.11. The standard InChI is InChI=1S/C27H21FNO3P/c28-25-19-11-10-18-24(25)27(30)29-20-26(21-12-4-1-5-13-21)32-33(31,22-14-6-2-7-15-22)23-16-8-3-9-17-23/h1-20H,(H,29,30). The maximum Gasteiger partial charge on any atom is 0.306 e. The molecule has 0 aromatic heterocycles. The zero-order valence-electron chi connectivity index (χ0n) is 17.6. The van der Waals surface area contributed by atoms with Gasteiger partial charge in [-0.15, -0.1) is 0 Å². The molecule has 1 amide bonds. The summed E-state index contributed by atoms with van der Waals surface area (Å²) >= 11 is 0. The van der Waals surface area contributed by atoms with E-state index in [1.54, 1.807) is 78.9 Å². The Hall–Kier alpha value is -3.95. The first-order valence-electron chi connectivity index (χ1n) is 10.3. The lowest BCUT2D eigenvalue weighted by Gasteiger charge is -2.22. The van der Waals surface area contributed by atoms with Crippen molar-refractivity contribution in [3.8, 4) is 0 Å². The van der Waals surface area contributed by atoms with E-state index in [0.717, 1.165) is 0 Å². The first-order chi connectivity index (χ1) is 16.1. The lowest BCUT2D eigenvalue weighted by molar-refractivity contribution is 0.0965. The van der Waals surface area contributed by atoms with Crippen LogP contribution in [0.1, 0.15) is 15.9 Å². The lowest BCUT2D eigenvalue weighted by Crippen LogP contribution is -2.21. The van der Waals surface area contributed by atoms with Crippen LogP contribution in [-0.4, -0.2) is 5.91 Å². The van der Waals surface area contributed by atoms with Crippen LogP contribution < -0.4 is 15.9 Å². The molecule has 164 valence electrons. The molecule has 0 saturated heterocycles. The molecule has 4 rings (SSSR count). The predicted octanol–water partition coefficient (Wildman–Crippen LogP) is 5.50. The van der Waals surface area contributed by atoms with Crippen molar-refractivity contribution in [2.24, 2.45) is 0 Å². The minimum atomic E-state index is -3.58. The molecule has 0 fully saturated rings. The normalized spacial score (nSPS) is 11.6. The van der Waals surface area contributed by atoms with Gasteiger partial charge in [-0.3, -0.25) is 9.36 Å². The van der Waals surface area contributed by atoms with E-state index in [1.807, 2.05) is 18.2 Å². The molecule has 0 atom stereocenters. The van der Waals surface area contributed by atoms with Crippen LogP contribution in [0.3, 0.4) is 0 Å². The lowest BCUT2D eigenvalue weighted by atomic mass is 10.2. The van der Waals surface area contributed by atoms with Gasteiger partial charge in [0.2, 0.25) is 0 Å². The van der Waals surface area contributed by atoms with Gasteiger partial charge in [-0.05, 0) is 36.4 Å².